The van der Waals surface area contributed by atoms with Gasteiger partial charge in [0, 0.05) is 6.54 Å². The average Bonchev–Trinajstić information content (AvgIpc) is 2.70. The molecule has 0 aromatic heterocycles. The molecule has 0 aliphatic heterocycles. The highest BCUT2D eigenvalue weighted by atomic mass is 19.2. The molecule has 27 heavy (non-hydrogen) atoms. The lowest BCUT2D eigenvalue weighted by molar-refractivity contribution is 0.108. The summed E-state index contributed by atoms with van der Waals surface area (Å²) in [5.74, 6) is 0.169. The van der Waals surface area contributed by atoms with Crippen molar-refractivity contribution in [3.8, 4) is 0 Å². The molecule has 0 spiro atoms. The Balaban J connectivity index is 1.45. The van der Waals surface area contributed by atoms with E-state index in [9.17, 15) is 8.78 Å². The van der Waals surface area contributed by atoms with E-state index in [1.165, 1.54) is 11.1 Å². The minimum atomic E-state index is -1.30. The molecule has 1 aliphatic rings. The highest BCUT2D eigenvalue weighted by molar-refractivity contribution is 5.26. The minimum Gasteiger partial charge on any atom is -0.299 e. The Morgan fingerprint density at radius 1 is 0.889 bits per heavy atom. The van der Waals surface area contributed by atoms with E-state index in [0.29, 0.717) is 12.8 Å². The average molecular weight is 372 g/mol. The second-order valence-electron chi connectivity index (χ2n) is 7.74. The summed E-state index contributed by atoms with van der Waals surface area (Å²) in [6, 6.07) is 19.2. The summed E-state index contributed by atoms with van der Waals surface area (Å²) in [5.41, 5.74) is 3.84. The molecule has 0 N–H and O–H groups in total. The van der Waals surface area contributed by atoms with Gasteiger partial charge in [-0.3, -0.25) is 4.90 Å². The zero-order valence-corrected chi connectivity index (χ0v) is 16.3. The van der Waals surface area contributed by atoms with E-state index in [1.807, 2.05) is 0 Å². The van der Waals surface area contributed by atoms with Crippen LogP contribution < -0.4 is 0 Å². The molecule has 0 saturated heterocycles. The van der Waals surface area contributed by atoms with Gasteiger partial charge in [-0.2, -0.15) is 0 Å². The standard InChI is InChI=1S/C24H31F2N/c1-2-27(18-20-7-4-3-5-8-20)16-6-9-19-10-12-21(13-11-19)22-14-15-23(25)24(26)17-22/h3-5,7-8,10-13,22-24H,2,6,9,14-18H2,1H3. The Morgan fingerprint density at radius 2 is 1.63 bits per heavy atom. The van der Waals surface area contributed by atoms with E-state index >= 15 is 0 Å². The minimum absolute atomic E-state index is 0.169. The fraction of sp³-hybridized carbons (Fsp3) is 0.500. The summed E-state index contributed by atoms with van der Waals surface area (Å²) in [6.07, 6.45) is 1.04. The van der Waals surface area contributed by atoms with Crippen LogP contribution in [-0.4, -0.2) is 30.3 Å². The fourth-order valence-corrected chi connectivity index (χ4v) is 4.04. The molecule has 1 fully saturated rings. The predicted molar refractivity (Wildman–Crippen MR) is 109 cm³/mol. The summed E-state index contributed by atoms with van der Waals surface area (Å²) in [6.45, 7) is 5.34. The summed E-state index contributed by atoms with van der Waals surface area (Å²) in [7, 11) is 0. The molecule has 2 aromatic rings. The number of aryl methyl sites for hydroxylation is 1. The van der Waals surface area contributed by atoms with Crippen LogP contribution in [0.4, 0.5) is 8.78 Å². The maximum absolute atomic E-state index is 13.6. The first-order valence-corrected chi connectivity index (χ1v) is 10.3. The zero-order valence-electron chi connectivity index (χ0n) is 16.3. The Labute approximate surface area is 162 Å². The molecule has 1 nitrogen and oxygen atoms in total. The first-order valence-electron chi connectivity index (χ1n) is 10.3. The molecule has 3 atom stereocenters. The van der Waals surface area contributed by atoms with Crippen molar-refractivity contribution in [2.75, 3.05) is 13.1 Å². The molecule has 0 heterocycles. The highest BCUT2D eigenvalue weighted by Crippen LogP contribution is 2.35. The molecule has 0 radical (unpaired) electrons. The van der Waals surface area contributed by atoms with E-state index < -0.39 is 12.3 Å². The number of alkyl halides is 2. The number of benzene rings is 2. The number of hydrogen-bond donors (Lipinski definition) is 0. The monoisotopic (exact) mass is 371 g/mol. The van der Waals surface area contributed by atoms with Gasteiger partial charge in [0.25, 0.3) is 0 Å². The van der Waals surface area contributed by atoms with Gasteiger partial charge < -0.3 is 0 Å². The van der Waals surface area contributed by atoms with Gasteiger partial charge in [-0.25, -0.2) is 8.78 Å². The van der Waals surface area contributed by atoms with E-state index in [1.54, 1.807) is 0 Å². The molecule has 3 rings (SSSR count). The lowest BCUT2D eigenvalue weighted by Gasteiger charge is -2.27. The molecule has 0 bridgehead atoms. The molecule has 146 valence electrons. The lowest BCUT2D eigenvalue weighted by Crippen LogP contribution is -2.26. The van der Waals surface area contributed by atoms with Crippen LogP contribution in [0.2, 0.25) is 0 Å². The first-order chi connectivity index (χ1) is 13.2. The number of halogens is 2. The first kappa shape index (κ1) is 20.0. The van der Waals surface area contributed by atoms with Crippen LogP contribution in [0.5, 0.6) is 0 Å². The Bertz CT molecular complexity index is 671. The predicted octanol–water partition coefficient (Wildman–Crippen LogP) is 6.09. The third-order valence-electron chi connectivity index (χ3n) is 5.78. The summed E-state index contributed by atoms with van der Waals surface area (Å²) in [5, 5.41) is 0. The fourth-order valence-electron chi connectivity index (χ4n) is 4.04. The molecule has 2 aromatic carbocycles. The summed E-state index contributed by atoms with van der Waals surface area (Å²) < 4.78 is 27.0. The van der Waals surface area contributed by atoms with Gasteiger partial charge in [-0.1, -0.05) is 61.5 Å². The summed E-state index contributed by atoms with van der Waals surface area (Å²) in [4.78, 5) is 2.47. The quantitative estimate of drug-likeness (QED) is 0.543. The number of hydrogen-bond acceptors (Lipinski definition) is 1. The van der Waals surface area contributed by atoms with Crippen molar-refractivity contribution >= 4 is 0 Å². The Kier molecular flexibility index (Phi) is 7.40. The van der Waals surface area contributed by atoms with Crippen molar-refractivity contribution in [3.05, 3.63) is 71.3 Å². The number of rotatable bonds is 8. The van der Waals surface area contributed by atoms with Gasteiger partial charge in [-0.05, 0) is 67.8 Å². The maximum Gasteiger partial charge on any atom is 0.132 e. The molecule has 1 saturated carbocycles. The molecule has 1 aliphatic carbocycles. The highest BCUT2D eigenvalue weighted by Gasteiger charge is 2.30. The van der Waals surface area contributed by atoms with Crippen LogP contribution in [0.25, 0.3) is 0 Å². The van der Waals surface area contributed by atoms with Crippen LogP contribution in [0.15, 0.2) is 54.6 Å². The van der Waals surface area contributed by atoms with Gasteiger partial charge in [0.15, 0.2) is 0 Å². The zero-order chi connectivity index (χ0) is 19.1. The van der Waals surface area contributed by atoms with Crippen molar-refractivity contribution in [2.45, 2.75) is 63.8 Å². The van der Waals surface area contributed by atoms with Crippen LogP contribution in [0, 0.1) is 0 Å². The molecular formula is C24H31F2N. The largest absolute Gasteiger partial charge is 0.299 e. The van der Waals surface area contributed by atoms with Crippen LogP contribution in [0.3, 0.4) is 0 Å². The smallest absolute Gasteiger partial charge is 0.132 e. The van der Waals surface area contributed by atoms with Gasteiger partial charge in [0.1, 0.15) is 12.3 Å². The SMILES string of the molecule is CCN(CCCc1ccc(C2CCC(F)C(F)C2)cc1)Cc1ccccc1. The summed E-state index contributed by atoms with van der Waals surface area (Å²) >= 11 is 0. The van der Waals surface area contributed by atoms with Crippen LogP contribution >= 0.6 is 0 Å². The molecule has 3 unspecified atom stereocenters. The van der Waals surface area contributed by atoms with E-state index in [4.69, 9.17) is 0 Å². The van der Waals surface area contributed by atoms with Crippen molar-refractivity contribution in [2.24, 2.45) is 0 Å². The molecular weight excluding hydrogens is 340 g/mol. The van der Waals surface area contributed by atoms with Crippen molar-refractivity contribution < 1.29 is 8.78 Å². The van der Waals surface area contributed by atoms with Gasteiger partial charge >= 0.3 is 0 Å². The van der Waals surface area contributed by atoms with Crippen molar-refractivity contribution in [1.82, 2.24) is 4.90 Å². The lowest BCUT2D eigenvalue weighted by atomic mass is 9.82. The third-order valence-corrected chi connectivity index (χ3v) is 5.78. The van der Waals surface area contributed by atoms with Crippen molar-refractivity contribution in [3.63, 3.8) is 0 Å². The van der Waals surface area contributed by atoms with Gasteiger partial charge in [0.05, 0.1) is 0 Å². The number of nitrogens with zero attached hydrogens (tertiary/aromatic N) is 1. The topological polar surface area (TPSA) is 3.24 Å². The normalized spacial score (nSPS) is 22.9. The van der Waals surface area contributed by atoms with E-state index in [0.717, 1.165) is 44.5 Å². The van der Waals surface area contributed by atoms with Crippen LogP contribution in [-0.2, 0) is 13.0 Å². The molecule has 3 heteroatoms. The van der Waals surface area contributed by atoms with Gasteiger partial charge in [-0.15, -0.1) is 0 Å². The van der Waals surface area contributed by atoms with E-state index in [-0.39, 0.29) is 5.92 Å². The second-order valence-corrected chi connectivity index (χ2v) is 7.74. The Morgan fingerprint density at radius 3 is 2.30 bits per heavy atom. The maximum atomic E-state index is 13.6. The second kappa shape index (κ2) is 9.98. The molecule has 0 amide bonds. The van der Waals surface area contributed by atoms with Gasteiger partial charge in [0.2, 0.25) is 0 Å². The third kappa shape index (κ3) is 5.87. The van der Waals surface area contributed by atoms with E-state index in [2.05, 4.69) is 66.4 Å². The van der Waals surface area contributed by atoms with Crippen LogP contribution in [0.1, 0.15) is 55.2 Å². The Hall–Kier alpha value is -1.74. The van der Waals surface area contributed by atoms with Crippen molar-refractivity contribution in [1.29, 1.82) is 0 Å².